The van der Waals surface area contributed by atoms with Gasteiger partial charge >= 0.3 is 5.97 Å². The number of amides is 2. The molecule has 1 atom stereocenters. The van der Waals surface area contributed by atoms with E-state index in [2.05, 4.69) is 31.3 Å². The van der Waals surface area contributed by atoms with Crippen LogP contribution >= 0.6 is 12.6 Å². The molecular weight excluding hydrogens is 218 g/mol. The summed E-state index contributed by atoms with van der Waals surface area (Å²) in [5.74, 6) is -1.81. The van der Waals surface area contributed by atoms with Gasteiger partial charge in [0.1, 0.15) is 0 Å². The second kappa shape index (κ2) is 6.44. The summed E-state index contributed by atoms with van der Waals surface area (Å²) in [5.41, 5.74) is 0. The molecule has 0 N–H and O–H groups in total. The van der Waals surface area contributed by atoms with Crippen LogP contribution in [-0.4, -0.2) is 28.1 Å². The first-order chi connectivity index (χ1) is 6.93. The Morgan fingerprint density at radius 2 is 2.07 bits per heavy atom. The average Bonchev–Trinajstić information content (AvgIpc) is 2.33. The number of hydrogen-bond acceptors (Lipinski definition) is 5. The topological polar surface area (TPSA) is 63.7 Å². The molecule has 2 amide bonds. The molecule has 1 fully saturated rings. The van der Waals surface area contributed by atoms with Crippen LogP contribution in [0.15, 0.2) is 0 Å². The second-order valence-corrected chi connectivity index (χ2v) is 3.66. The highest BCUT2D eigenvalue weighted by Gasteiger charge is 2.39. The van der Waals surface area contributed by atoms with Gasteiger partial charge in [-0.3, -0.25) is 9.59 Å². The zero-order chi connectivity index (χ0) is 12.0. The van der Waals surface area contributed by atoms with Gasteiger partial charge in [-0.15, -0.1) is 5.06 Å². The summed E-state index contributed by atoms with van der Waals surface area (Å²) in [6.07, 6.45) is 1.23. The average molecular weight is 235 g/mol. The van der Waals surface area contributed by atoms with Crippen molar-refractivity contribution < 1.29 is 20.6 Å². The summed E-state index contributed by atoms with van der Waals surface area (Å²) in [5, 5.41) is -0.225. The predicted octanol–water partition coefficient (Wildman–Crippen LogP) is 1.18. The van der Waals surface area contributed by atoms with E-state index in [1.165, 1.54) is 6.42 Å². The van der Waals surface area contributed by atoms with Crippen molar-refractivity contribution in [3.05, 3.63) is 0 Å². The molecule has 0 spiro atoms. The minimum atomic E-state index is -0.695. The predicted molar refractivity (Wildman–Crippen MR) is 59.1 cm³/mol. The van der Waals surface area contributed by atoms with Crippen LogP contribution in [0.3, 0.4) is 0 Å². The lowest BCUT2D eigenvalue weighted by Gasteiger charge is -2.10. The van der Waals surface area contributed by atoms with Gasteiger partial charge in [-0.1, -0.05) is 20.3 Å². The maximum Gasteiger partial charge on any atom is 0.330 e. The standard InChI is InChI=1S/C6H7NO4S.C3H8.H2/c1-3(8)11-7-5(9)2-4(12)6(7)10;1-3-2;/h4,12H,2H2,1H3;3H2,1-2H3;1H. The van der Waals surface area contributed by atoms with Crippen LogP contribution in [0.2, 0.25) is 0 Å². The normalized spacial score (nSPS) is 19.7. The highest BCUT2D eigenvalue weighted by molar-refractivity contribution is 7.81. The van der Waals surface area contributed by atoms with E-state index in [1.807, 2.05) is 0 Å². The van der Waals surface area contributed by atoms with Gasteiger partial charge in [0, 0.05) is 8.35 Å². The first-order valence-electron chi connectivity index (χ1n) is 4.67. The Hall–Kier alpha value is -1.04. The minimum absolute atomic E-state index is 0. The molecule has 0 aromatic heterocycles. The largest absolute Gasteiger partial charge is 0.331 e. The highest BCUT2D eigenvalue weighted by atomic mass is 32.1. The van der Waals surface area contributed by atoms with Crippen LogP contribution in [0, 0.1) is 0 Å². The van der Waals surface area contributed by atoms with Crippen LogP contribution in [-0.2, 0) is 19.2 Å². The van der Waals surface area contributed by atoms with Gasteiger partial charge in [-0.25, -0.2) is 4.79 Å². The zero-order valence-electron chi connectivity index (χ0n) is 9.02. The van der Waals surface area contributed by atoms with E-state index in [9.17, 15) is 14.4 Å². The Balaban J connectivity index is 0. The lowest BCUT2D eigenvalue weighted by molar-refractivity contribution is -0.195. The minimum Gasteiger partial charge on any atom is -0.331 e. The first-order valence-corrected chi connectivity index (χ1v) is 5.19. The monoisotopic (exact) mass is 235 g/mol. The Kier molecular flexibility index (Phi) is 6.00. The molecule has 0 aromatic carbocycles. The molecule has 1 unspecified atom stereocenters. The number of nitrogens with zero attached hydrogens (tertiary/aromatic N) is 1. The summed E-state index contributed by atoms with van der Waals surface area (Å²) >= 11 is 3.82. The van der Waals surface area contributed by atoms with Crippen molar-refractivity contribution >= 4 is 30.4 Å². The fourth-order valence-electron chi connectivity index (χ4n) is 0.818. The number of carbonyl (C=O) groups is 3. The number of rotatable bonds is 1. The lowest BCUT2D eigenvalue weighted by Crippen LogP contribution is -2.32. The summed E-state index contributed by atoms with van der Waals surface area (Å²) in [6, 6.07) is 0. The van der Waals surface area contributed by atoms with Crippen molar-refractivity contribution in [3.63, 3.8) is 0 Å². The maximum atomic E-state index is 11.0. The number of hydroxylamine groups is 2. The van der Waals surface area contributed by atoms with Crippen molar-refractivity contribution in [2.24, 2.45) is 0 Å². The van der Waals surface area contributed by atoms with Crippen molar-refractivity contribution in [1.29, 1.82) is 0 Å². The van der Waals surface area contributed by atoms with Gasteiger partial charge in [0.05, 0.1) is 11.7 Å². The molecule has 1 aliphatic heterocycles. The molecule has 1 heterocycles. The number of hydrogen-bond donors (Lipinski definition) is 1. The number of thiol groups is 1. The first kappa shape index (κ1) is 14.0. The van der Waals surface area contributed by atoms with Gasteiger partial charge in [0.25, 0.3) is 11.8 Å². The fraction of sp³-hybridized carbons (Fsp3) is 0.667. The van der Waals surface area contributed by atoms with Crippen molar-refractivity contribution in [2.75, 3.05) is 0 Å². The second-order valence-electron chi connectivity index (χ2n) is 3.04. The molecule has 0 bridgehead atoms. The van der Waals surface area contributed by atoms with Gasteiger partial charge < -0.3 is 4.84 Å². The van der Waals surface area contributed by atoms with Crippen molar-refractivity contribution in [1.82, 2.24) is 5.06 Å². The van der Waals surface area contributed by atoms with Crippen LogP contribution < -0.4 is 0 Å². The third kappa shape index (κ3) is 4.33. The Morgan fingerprint density at radius 3 is 2.33 bits per heavy atom. The molecule has 1 rings (SSSR count). The van der Waals surface area contributed by atoms with Gasteiger partial charge in [-0.05, 0) is 0 Å². The van der Waals surface area contributed by atoms with Crippen LogP contribution in [0.1, 0.15) is 35.0 Å². The van der Waals surface area contributed by atoms with E-state index in [0.717, 1.165) is 6.92 Å². The number of imide groups is 1. The van der Waals surface area contributed by atoms with Crippen molar-refractivity contribution in [3.8, 4) is 0 Å². The molecule has 88 valence electrons. The Morgan fingerprint density at radius 1 is 1.60 bits per heavy atom. The number of carbonyl (C=O) groups excluding carboxylic acids is 3. The highest BCUT2D eigenvalue weighted by Crippen LogP contribution is 2.17. The summed E-state index contributed by atoms with van der Waals surface area (Å²) in [4.78, 5) is 36.7. The molecule has 1 saturated heterocycles. The quantitative estimate of drug-likeness (QED) is 0.547. The van der Waals surface area contributed by atoms with E-state index in [0.29, 0.717) is 5.06 Å². The molecule has 0 aromatic rings. The molecule has 0 aliphatic carbocycles. The smallest absolute Gasteiger partial charge is 0.330 e. The molecular formula is C9H17NO4S. The Bertz CT molecular complexity index is 272. The molecule has 1 aliphatic rings. The van der Waals surface area contributed by atoms with Gasteiger partial charge in [-0.2, -0.15) is 12.6 Å². The molecule has 0 radical (unpaired) electrons. The molecule has 0 saturated carbocycles. The van der Waals surface area contributed by atoms with E-state index >= 15 is 0 Å². The SMILES string of the molecule is CC(=O)ON1C(=O)CC(S)C1=O.CCC.[HH]. The fourth-order valence-corrected chi connectivity index (χ4v) is 1.08. The van der Waals surface area contributed by atoms with Gasteiger partial charge in [0.15, 0.2) is 0 Å². The molecule has 5 nitrogen and oxygen atoms in total. The summed E-state index contributed by atoms with van der Waals surface area (Å²) in [6.45, 7) is 5.37. The third-order valence-corrected chi connectivity index (χ3v) is 1.70. The summed E-state index contributed by atoms with van der Waals surface area (Å²) < 4.78 is 0. The molecule has 6 heteroatoms. The van der Waals surface area contributed by atoms with Crippen LogP contribution in [0.25, 0.3) is 0 Å². The van der Waals surface area contributed by atoms with E-state index in [4.69, 9.17) is 0 Å². The van der Waals surface area contributed by atoms with Gasteiger partial charge in [0.2, 0.25) is 0 Å². The van der Waals surface area contributed by atoms with E-state index < -0.39 is 23.0 Å². The maximum absolute atomic E-state index is 11.0. The van der Waals surface area contributed by atoms with Crippen molar-refractivity contribution in [2.45, 2.75) is 38.9 Å². The third-order valence-electron chi connectivity index (χ3n) is 1.30. The van der Waals surface area contributed by atoms with E-state index in [1.54, 1.807) is 0 Å². The van der Waals surface area contributed by atoms with E-state index in [-0.39, 0.29) is 7.85 Å². The molecule has 15 heavy (non-hydrogen) atoms. The Labute approximate surface area is 95.6 Å². The van der Waals surface area contributed by atoms with Crippen LogP contribution in [0.4, 0.5) is 0 Å². The summed E-state index contributed by atoms with van der Waals surface area (Å²) in [7, 11) is 0. The van der Waals surface area contributed by atoms with Crippen LogP contribution in [0.5, 0.6) is 0 Å². The lowest BCUT2D eigenvalue weighted by atomic mass is 10.4. The zero-order valence-corrected chi connectivity index (χ0v) is 9.91.